The largest absolute Gasteiger partial charge is 0.457 e. The molecule has 29 heavy (non-hydrogen) atoms. The van der Waals surface area contributed by atoms with Gasteiger partial charge in [-0.2, -0.15) is 0 Å². The highest BCUT2D eigenvalue weighted by Gasteiger charge is 2.41. The van der Waals surface area contributed by atoms with E-state index in [0.717, 1.165) is 0 Å². The number of aliphatic hydroxyl groups is 2. The van der Waals surface area contributed by atoms with E-state index in [9.17, 15) is 19.8 Å². The Kier molecular flexibility index (Phi) is 6.77. The van der Waals surface area contributed by atoms with Crippen LogP contribution in [0, 0.1) is 0 Å². The third-order valence-corrected chi connectivity index (χ3v) is 4.65. The minimum absolute atomic E-state index is 0.235. The molecule has 0 fully saturated rings. The second kappa shape index (κ2) is 9.47. The zero-order valence-electron chi connectivity index (χ0n) is 15.8. The Morgan fingerprint density at radius 2 is 1.45 bits per heavy atom. The van der Waals surface area contributed by atoms with Crippen LogP contribution < -0.4 is 0 Å². The van der Waals surface area contributed by atoms with Crippen molar-refractivity contribution in [2.24, 2.45) is 0 Å². The van der Waals surface area contributed by atoms with E-state index in [0.29, 0.717) is 5.56 Å². The van der Waals surface area contributed by atoms with Crippen LogP contribution in [0.5, 0.6) is 0 Å². The molecule has 0 amide bonds. The molecule has 0 radical (unpaired) electrons. The van der Waals surface area contributed by atoms with Gasteiger partial charge in [-0.3, -0.25) is 0 Å². The molecule has 0 aromatic heterocycles. The number of ether oxygens (including phenoxy) is 3. The molecule has 0 saturated heterocycles. The lowest BCUT2D eigenvalue weighted by atomic mass is 9.89. The molecule has 7 heteroatoms. The van der Waals surface area contributed by atoms with Gasteiger partial charge < -0.3 is 24.4 Å². The lowest BCUT2D eigenvalue weighted by Crippen LogP contribution is -2.52. The molecule has 1 aliphatic carbocycles. The Bertz CT molecular complexity index is 863. The Morgan fingerprint density at radius 3 is 2.00 bits per heavy atom. The summed E-state index contributed by atoms with van der Waals surface area (Å²) >= 11 is 0. The molecule has 2 N–H and O–H groups in total. The van der Waals surface area contributed by atoms with E-state index in [1.807, 2.05) is 0 Å². The standard InChI is InChI=1S/C22H22O7/c1-27-17-12-16(13-28-21(25)14-8-4-2-5-9-14)18(23)20(19(17)24)29-22(26)15-10-6-3-7-11-15/h2-12,17-20,23-24H,13H2,1H3/t17-,18-,19-,20+/m1/s1. The number of methoxy groups -OCH3 is 1. The Morgan fingerprint density at radius 1 is 0.897 bits per heavy atom. The molecule has 0 bridgehead atoms. The van der Waals surface area contributed by atoms with E-state index in [2.05, 4.69) is 0 Å². The highest BCUT2D eigenvalue weighted by Crippen LogP contribution is 2.26. The van der Waals surface area contributed by atoms with Crippen LogP contribution in [0.1, 0.15) is 20.7 Å². The second-order valence-corrected chi connectivity index (χ2v) is 6.56. The van der Waals surface area contributed by atoms with Crippen LogP contribution in [-0.2, 0) is 14.2 Å². The first-order valence-corrected chi connectivity index (χ1v) is 9.09. The molecule has 2 aromatic rings. The van der Waals surface area contributed by atoms with Crippen LogP contribution >= 0.6 is 0 Å². The first-order valence-electron chi connectivity index (χ1n) is 9.09. The van der Waals surface area contributed by atoms with E-state index < -0.39 is 36.4 Å². The third-order valence-electron chi connectivity index (χ3n) is 4.65. The molecular formula is C22H22O7. The highest BCUT2D eigenvalue weighted by molar-refractivity contribution is 5.90. The lowest BCUT2D eigenvalue weighted by Gasteiger charge is -2.36. The fraction of sp³-hybridized carbons (Fsp3) is 0.273. The van der Waals surface area contributed by atoms with Crippen LogP contribution in [0.25, 0.3) is 0 Å². The third kappa shape index (κ3) is 4.89. The molecular weight excluding hydrogens is 376 g/mol. The van der Waals surface area contributed by atoms with Crippen molar-refractivity contribution in [3.8, 4) is 0 Å². The van der Waals surface area contributed by atoms with Gasteiger partial charge in [0.1, 0.15) is 24.9 Å². The summed E-state index contributed by atoms with van der Waals surface area (Å²) < 4.78 is 15.8. The Balaban J connectivity index is 1.72. The smallest absolute Gasteiger partial charge is 0.338 e. The van der Waals surface area contributed by atoms with Gasteiger partial charge in [-0.1, -0.05) is 36.4 Å². The summed E-state index contributed by atoms with van der Waals surface area (Å²) in [6.45, 7) is -0.235. The lowest BCUT2D eigenvalue weighted by molar-refractivity contribution is -0.111. The van der Waals surface area contributed by atoms with Gasteiger partial charge in [0.25, 0.3) is 0 Å². The molecule has 4 atom stereocenters. The summed E-state index contributed by atoms with van der Waals surface area (Å²) in [7, 11) is 1.38. The van der Waals surface area contributed by atoms with Crippen molar-refractivity contribution >= 4 is 11.9 Å². The van der Waals surface area contributed by atoms with Crippen LogP contribution in [0.2, 0.25) is 0 Å². The molecule has 0 unspecified atom stereocenters. The van der Waals surface area contributed by atoms with E-state index in [-0.39, 0.29) is 17.7 Å². The Labute approximate surface area is 168 Å². The number of aliphatic hydroxyl groups excluding tert-OH is 2. The molecule has 0 heterocycles. The highest BCUT2D eigenvalue weighted by atomic mass is 16.6. The summed E-state index contributed by atoms with van der Waals surface area (Å²) in [5, 5.41) is 21.1. The zero-order chi connectivity index (χ0) is 20.8. The number of benzene rings is 2. The van der Waals surface area contributed by atoms with Crippen molar-refractivity contribution in [2.75, 3.05) is 13.7 Å². The molecule has 3 rings (SSSR count). The van der Waals surface area contributed by atoms with Gasteiger partial charge in [-0.25, -0.2) is 9.59 Å². The number of hydrogen-bond acceptors (Lipinski definition) is 7. The van der Waals surface area contributed by atoms with Crippen molar-refractivity contribution in [2.45, 2.75) is 24.4 Å². The molecule has 7 nitrogen and oxygen atoms in total. The number of esters is 2. The summed E-state index contributed by atoms with van der Waals surface area (Å²) in [5.41, 5.74) is 0.929. The number of carbonyl (C=O) groups excluding carboxylic acids is 2. The van der Waals surface area contributed by atoms with E-state index >= 15 is 0 Å². The molecule has 152 valence electrons. The van der Waals surface area contributed by atoms with Gasteiger partial charge in [-0.05, 0) is 35.9 Å². The van der Waals surface area contributed by atoms with Gasteiger partial charge in [-0.15, -0.1) is 0 Å². The molecule has 2 aromatic carbocycles. The van der Waals surface area contributed by atoms with E-state index in [1.54, 1.807) is 60.7 Å². The topological polar surface area (TPSA) is 102 Å². The average molecular weight is 398 g/mol. The second-order valence-electron chi connectivity index (χ2n) is 6.56. The van der Waals surface area contributed by atoms with Crippen LogP contribution in [0.3, 0.4) is 0 Å². The zero-order valence-corrected chi connectivity index (χ0v) is 15.8. The van der Waals surface area contributed by atoms with Crippen LogP contribution in [-0.4, -0.2) is 60.3 Å². The minimum Gasteiger partial charge on any atom is -0.457 e. The van der Waals surface area contributed by atoms with Gasteiger partial charge >= 0.3 is 11.9 Å². The summed E-state index contributed by atoms with van der Waals surface area (Å²) in [6, 6.07) is 16.7. The molecule has 0 saturated carbocycles. The molecule has 0 spiro atoms. The van der Waals surface area contributed by atoms with Crippen LogP contribution in [0.15, 0.2) is 72.3 Å². The average Bonchev–Trinajstić information content (AvgIpc) is 2.77. The minimum atomic E-state index is -1.35. The predicted octanol–water partition coefficient (Wildman–Crippen LogP) is 1.75. The van der Waals surface area contributed by atoms with Gasteiger partial charge in [0.05, 0.1) is 11.1 Å². The van der Waals surface area contributed by atoms with Crippen molar-refractivity contribution in [3.05, 3.63) is 83.4 Å². The van der Waals surface area contributed by atoms with Crippen molar-refractivity contribution in [3.63, 3.8) is 0 Å². The van der Waals surface area contributed by atoms with Crippen molar-refractivity contribution in [1.29, 1.82) is 0 Å². The first kappa shape index (κ1) is 20.7. The number of rotatable bonds is 6. The van der Waals surface area contributed by atoms with Crippen molar-refractivity contribution < 1.29 is 34.0 Å². The SMILES string of the molecule is CO[C@@H]1C=C(COC(=O)c2ccccc2)[C@@H](O)[C@H](OC(=O)c2ccccc2)[C@@H]1O. The molecule has 0 aliphatic heterocycles. The van der Waals surface area contributed by atoms with Crippen LogP contribution in [0.4, 0.5) is 0 Å². The van der Waals surface area contributed by atoms with Gasteiger partial charge in [0.15, 0.2) is 6.10 Å². The van der Waals surface area contributed by atoms with E-state index in [4.69, 9.17) is 14.2 Å². The van der Waals surface area contributed by atoms with E-state index in [1.165, 1.54) is 13.2 Å². The first-order chi connectivity index (χ1) is 14.0. The quantitative estimate of drug-likeness (QED) is 0.564. The summed E-state index contributed by atoms with van der Waals surface area (Å²) in [6.07, 6.45) is -3.27. The maximum absolute atomic E-state index is 12.4. The Hall–Kier alpha value is -3.00. The fourth-order valence-corrected chi connectivity index (χ4v) is 3.04. The van der Waals surface area contributed by atoms with Crippen molar-refractivity contribution in [1.82, 2.24) is 0 Å². The normalized spacial score (nSPS) is 23.8. The van der Waals surface area contributed by atoms with Gasteiger partial charge in [0, 0.05) is 7.11 Å². The maximum Gasteiger partial charge on any atom is 0.338 e. The maximum atomic E-state index is 12.4. The predicted molar refractivity (Wildman–Crippen MR) is 103 cm³/mol. The number of carbonyl (C=O) groups is 2. The summed E-state index contributed by atoms with van der Waals surface area (Å²) in [5.74, 6) is -1.25. The monoisotopic (exact) mass is 398 g/mol. The van der Waals surface area contributed by atoms with Gasteiger partial charge in [0.2, 0.25) is 0 Å². The fourth-order valence-electron chi connectivity index (χ4n) is 3.04. The summed E-state index contributed by atoms with van der Waals surface area (Å²) in [4.78, 5) is 24.5. The number of hydrogen-bond donors (Lipinski definition) is 2. The molecule has 1 aliphatic rings.